The van der Waals surface area contributed by atoms with E-state index in [0.29, 0.717) is 17.6 Å². The number of carbonyl (C=O) groups is 2. The zero-order valence-electron chi connectivity index (χ0n) is 17.0. The van der Waals surface area contributed by atoms with Crippen molar-refractivity contribution in [2.24, 2.45) is 5.92 Å². The molecular weight excluding hydrogens is 421 g/mol. The molecule has 31 heavy (non-hydrogen) atoms. The molecule has 5 nitrogen and oxygen atoms in total. The minimum Gasteiger partial charge on any atom is -0.469 e. The number of hydrogen-bond acceptors (Lipinski definition) is 4. The fourth-order valence-electron chi connectivity index (χ4n) is 4.12. The number of benzene rings is 2. The van der Waals surface area contributed by atoms with Crippen LogP contribution in [0, 0.1) is 18.7 Å². The van der Waals surface area contributed by atoms with Crippen LogP contribution in [0.4, 0.5) is 4.39 Å². The summed E-state index contributed by atoms with van der Waals surface area (Å²) >= 11 is 6.21. The number of ether oxygens (including phenoxy) is 1. The van der Waals surface area contributed by atoms with Crippen molar-refractivity contribution in [1.29, 1.82) is 0 Å². The van der Waals surface area contributed by atoms with Gasteiger partial charge in [0, 0.05) is 22.0 Å². The van der Waals surface area contributed by atoms with Crippen molar-refractivity contribution >= 4 is 34.4 Å². The lowest BCUT2D eigenvalue weighted by atomic mass is 9.85. The zero-order valence-corrected chi connectivity index (χ0v) is 17.8. The number of allylic oxidation sites excluding steroid dienone is 1. The first-order valence-electron chi connectivity index (χ1n) is 9.89. The molecule has 1 heterocycles. The number of hydrogen-bond donors (Lipinski definition) is 1. The molecule has 2 aromatic carbocycles. The predicted molar refractivity (Wildman–Crippen MR) is 116 cm³/mol. The Morgan fingerprint density at radius 1 is 1.23 bits per heavy atom. The van der Waals surface area contributed by atoms with Crippen LogP contribution in [0.15, 0.2) is 59.0 Å². The van der Waals surface area contributed by atoms with Crippen molar-refractivity contribution in [3.8, 4) is 0 Å². The van der Waals surface area contributed by atoms with E-state index in [0.717, 1.165) is 10.9 Å². The summed E-state index contributed by atoms with van der Waals surface area (Å²) in [6, 6.07) is 11.1. The molecule has 1 aliphatic carbocycles. The number of methoxy groups -OCH3 is 1. The lowest BCUT2D eigenvalue weighted by Crippen LogP contribution is -2.34. The summed E-state index contributed by atoms with van der Waals surface area (Å²) in [5.74, 6) is -1.97. The van der Waals surface area contributed by atoms with E-state index >= 15 is 0 Å². The second-order valence-electron chi connectivity index (χ2n) is 7.58. The fraction of sp³-hybridized carbons (Fsp3) is 0.250. The standard InChI is InChI=1S/C24H21ClFNO4/c1-13-17-5-3-4-6-20(17)31-22(13)23(28)27-16-9-7-14(11-16)21(24(29)30-2)18-10-8-15(26)12-19(18)25/h3-10,12,14,16,21H,11H2,1-2H3,(H,27,28). The largest absolute Gasteiger partial charge is 0.469 e. The van der Waals surface area contributed by atoms with Crippen molar-refractivity contribution in [2.75, 3.05) is 7.11 Å². The third kappa shape index (κ3) is 4.08. The monoisotopic (exact) mass is 441 g/mol. The zero-order chi connectivity index (χ0) is 22.1. The van der Waals surface area contributed by atoms with Crippen molar-refractivity contribution in [3.63, 3.8) is 0 Å². The van der Waals surface area contributed by atoms with Gasteiger partial charge in [0.15, 0.2) is 5.76 Å². The topological polar surface area (TPSA) is 68.5 Å². The maximum atomic E-state index is 13.5. The van der Waals surface area contributed by atoms with Crippen LogP contribution in [-0.2, 0) is 9.53 Å². The highest BCUT2D eigenvalue weighted by Crippen LogP contribution is 2.38. The first-order chi connectivity index (χ1) is 14.9. The van der Waals surface area contributed by atoms with Gasteiger partial charge in [-0.15, -0.1) is 0 Å². The first kappa shape index (κ1) is 21.1. The molecule has 0 radical (unpaired) electrons. The van der Waals surface area contributed by atoms with E-state index in [9.17, 15) is 14.0 Å². The molecule has 4 rings (SSSR count). The average molecular weight is 442 g/mol. The Hall–Kier alpha value is -3.12. The SMILES string of the molecule is COC(=O)C(c1ccc(F)cc1Cl)C1C=CC(NC(=O)c2oc3ccccc3c2C)C1. The van der Waals surface area contributed by atoms with Crippen LogP contribution in [-0.4, -0.2) is 25.0 Å². The van der Waals surface area contributed by atoms with Crippen LogP contribution in [0.1, 0.15) is 34.0 Å². The van der Waals surface area contributed by atoms with E-state index < -0.39 is 17.7 Å². The number of carbonyl (C=O) groups excluding carboxylic acids is 2. The summed E-state index contributed by atoms with van der Waals surface area (Å²) in [7, 11) is 1.30. The normalized spacial score (nSPS) is 18.8. The average Bonchev–Trinajstić information content (AvgIpc) is 3.34. The third-order valence-corrected chi connectivity index (χ3v) is 5.99. The Morgan fingerprint density at radius 2 is 2.00 bits per heavy atom. The molecule has 0 spiro atoms. The van der Waals surface area contributed by atoms with Gasteiger partial charge in [0.05, 0.1) is 13.0 Å². The highest BCUT2D eigenvalue weighted by atomic mass is 35.5. The summed E-state index contributed by atoms with van der Waals surface area (Å²) in [6.45, 7) is 1.85. The second-order valence-corrected chi connectivity index (χ2v) is 7.99. The number of rotatable bonds is 5. The molecule has 1 aliphatic rings. The van der Waals surface area contributed by atoms with Gasteiger partial charge < -0.3 is 14.5 Å². The van der Waals surface area contributed by atoms with Gasteiger partial charge in [-0.05, 0) is 43.0 Å². The minimum absolute atomic E-state index is 0.161. The molecule has 160 valence electrons. The van der Waals surface area contributed by atoms with Crippen LogP contribution in [0.2, 0.25) is 5.02 Å². The highest BCUT2D eigenvalue weighted by Gasteiger charge is 2.35. The van der Waals surface area contributed by atoms with Gasteiger partial charge in [-0.1, -0.05) is 48.0 Å². The van der Waals surface area contributed by atoms with Crippen molar-refractivity contribution in [2.45, 2.75) is 25.3 Å². The molecule has 1 amide bonds. The Balaban J connectivity index is 1.52. The predicted octanol–water partition coefficient (Wildman–Crippen LogP) is 5.17. The summed E-state index contributed by atoms with van der Waals surface area (Å²) in [5, 5.41) is 4.00. The summed E-state index contributed by atoms with van der Waals surface area (Å²) in [6.07, 6.45) is 4.17. The van der Waals surface area contributed by atoms with Gasteiger partial charge in [0.1, 0.15) is 11.4 Å². The van der Waals surface area contributed by atoms with Crippen LogP contribution < -0.4 is 5.32 Å². The number of aryl methyl sites for hydroxylation is 1. The Kier molecular flexibility index (Phi) is 5.83. The number of furan rings is 1. The van der Waals surface area contributed by atoms with E-state index in [1.54, 1.807) is 0 Å². The number of fused-ring (bicyclic) bond motifs is 1. The van der Waals surface area contributed by atoms with Gasteiger partial charge in [-0.3, -0.25) is 9.59 Å². The smallest absolute Gasteiger partial charge is 0.313 e. The molecule has 3 aromatic rings. The molecule has 1 aromatic heterocycles. The molecule has 0 fully saturated rings. The van der Waals surface area contributed by atoms with Gasteiger partial charge in [0.2, 0.25) is 0 Å². The van der Waals surface area contributed by atoms with E-state index in [1.807, 2.05) is 43.3 Å². The highest BCUT2D eigenvalue weighted by molar-refractivity contribution is 6.31. The van der Waals surface area contributed by atoms with Crippen molar-refractivity contribution < 1.29 is 23.1 Å². The summed E-state index contributed by atoms with van der Waals surface area (Å²) in [4.78, 5) is 25.3. The van der Waals surface area contributed by atoms with E-state index in [4.69, 9.17) is 20.8 Å². The van der Waals surface area contributed by atoms with E-state index in [-0.39, 0.29) is 28.6 Å². The molecule has 3 atom stereocenters. The van der Waals surface area contributed by atoms with Crippen LogP contribution in [0.3, 0.4) is 0 Å². The molecule has 0 saturated heterocycles. The lowest BCUT2D eigenvalue weighted by molar-refractivity contribution is -0.143. The Labute approximate surface area is 183 Å². The molecule has 3 unspecified atom stereocenters. The van der Waals surface area contributed by atoms with Gasteiger partial charge in [-0.25, -0.2) is 4.39 Å². The quantitative estimate of drug-likeness (QED) is 0.438. The molecule has 0 aliphatic heterocycles. The van der Waals surface area contributed by atoms with Crippen LogP contribution in [0.25, 0.3) is 11.0 Å². The number of nitrogens with one attached hydrogen (secondary N) is 1. The Bertz CT molecular complexity index is 1190. The number of halogens is 2. The maximum absolute atomic E-state index is 13.5. The van der Waals surface area contributed by atoms with Crippen LogP contribution >= 0.6 is 11.6 Å². The molecular formula is C24H21ClFNO4. The fourth-order valence-corrected chi connectivity index (χ4v) is 4.40. The molecule has 0 bridgehead atoms. The lowest BCUT2D eigenvalue weighted by Gasteiger charge is -2.23. The molecule has 1 N–H and O–H groups in total. The van der Waals surface area contributed by atoms with Gasteiger partial charge in [0.25, 0.3) is 5.91 Å². The molecule has 7 heteroatoms. The summed E-state index contributed by atoms with van der Waals surface area (Å²) < 4.78 is 24.2. The number of esters is 1. The summed E-state index contributed by atoms with van der Waals surface area (Å²) in [5.41, 5.74) is 1.92. The van der Waals surface area contributed by atoms with Crippen molar-refractivity contribution in [3.05, 3.63) is 82.3 Å². The van der Waals surface area contributed by atoms with Crippen molar-refractivity contribution in [1.82, 2.24) is 5.32 Å². The number of amides is 1. The van der Waals surface area contributed by atoms with Gasteiger partial charge in [-0.2, -0.15) is 0 Å². The first-order valence-corrected chi connectivity index (χ1v) is 10.3. The van der Waals surface area contributed by atoms with Gasteiger partial charge >= 0.3 is 5.97 Å². The third-order valence-electron chi connectivity index (χ3n) is 5.66. The maximum Gasteiger partial charge on any atom is 0.313 e. The van der Waals surface area contributed by atoms with E-state index in [1.165, 1.54) is 25.3 Å². The molecule has 0 saturated carbocycles. The Morgan fingerprint density at radius 3 is 2.71 bits per heavy atom. The van der Waals surface area contributed by atoms with E-state index in [2.05, 4.69) is 5.32 Å². The number of para-hydroxylation sites is 1. The second kappa shape index (κ2) is 8.55. The minimum atomic E-state index is -0.704. The van der Waals surface area contributed by atoms with Crippen LogP contribution in [0.5, 0.6) is 0 Å².